The molecule has 9 heteroatoms. The predicted molar refractivity (Wildman–Crippen MR) is 109 cm³/mol. The summed E-state index contributed by atoms with van der Waals surface area (Å²) in [5.74, 6) is 0.339. The average Bonchev–Trinajstić information content (AvgIpc) is 2.79. The zero-order valence-corrected chi connectivity index (χ0v) is 17.4. The molecule has 2 aromatic rings. The molecule has 0 atom stereocenters. The molecule has 8 nitrogen and oxygen atoms in total. The fourth-order valence-corrected chi connectivity index (χ4v) is 3.07. The lowest BCUT2D eigenvalue weighted by Gasteiger charge is -2.31. The van der Waals surface area contributed by atoms with E-state index in [0.29, 0.717) is 28.0 Å². The van der Waals surface area contributed by atoms with Gasteiger partial charge in [-0.3, -0.25) is 0 Å². The van der Waals surface area contributed by atoms with Crippen LogP contribution in [0, 0.1) is 0 Å². The van der Waals surface area contributed by atoms with Crippen molar-refractivity contribution in [2.45, 2.75) is 0 Å². The van der Waals surface area contributed by atoms with E-state index >= 15 is 0 Å². The van der Waals surface area contributed by atoms with E-state index in [0.717, 1.165) is 0 Å². The number of methoxy groups -OCH3 is 3. The number of esters is 2. The zero-order valence-electron chi connectivity index (χ0n) is 16.6. The summed E-state index contributed by atoms with van der Waals surface area (Å²) in [7, 11) is 4.04. The summed E-state index contributed by atoms with van der Waals surface area (Å²) < 4.78 is 26.0. The Morgan fingerprint density at radius 3 is 2.23 bits per heavy atom. The molecule has 0 saturated heterocycles. The van der Waals surface area contributed by atoms with Gasteiger partial charge in [-0.2, -0.15) is 0 Å². The molecule has 0 saturated carbocycles. The Labute approximate surface area is 178 Å². The normalized spacial score (nSPS) is 13.7. The van der Waals surface area contributed by atoms with Crippen LogP contribution in [0.5, 0.6) is 17.2 Å². The van der Waals surface area contributed by atoms with E-state index in [4.69, 9.17) is 35.3 Å². The van der Waals surface area contributed by atoms with Crippen LogP contribution in [-0.2, 0) is 23.8 Å². The second-order valence-electron chi connectivity index (χ2n) is 6.11. The van der Waals surface area contributed by atoms with Crippen molar-refractivity contribution in [3.05, 3.63) is 58.8 Å². The molecule has 3 rings (SSSR count). The van der Waals surface area contributed by atoms with Crippen LogP contribution in [-0.4, -0.2) is 46.6 Å². The Kier molecular flexibility index (Phi) is 6.81. The third-order valence-corrected chi connectivity index (χ3v) is 4.64. The monoisotopic (exact) mass is 433 g/mol. The van der Waals surface area contributed by atoms with Gasteiger partial charge in [0, 0.05) is 5.69 Å². The number of carbonyl (C=O) groups excluding carboxylic acids is 2. The van der Waals surface area contributed by atoms with Crippen LogP contribution in [0.25, 0.3) is 0 Å². The van der Waals surface area contributed by atoms with Crippen molar-refractivity contribution in [1.82, 2.24) is 0 Å². The first-order valence-corrected chi connectivity index (χ1v) is 9.22. The smallest absolute Gasteiger partial charge is 0.355 e. The quantitative estimate of drug-likeness (QED) is 0.640. The van der Waals surface area contributed by atoms with Gasteiger partial charge < -0.3 is 28.6 Å². The highest BCUT2D eigenvalue weighted by Crippen LogP contribution is 2.35. The fraction of sp³-hybridized carbons (Fsp3) is 0.238. The van der Waals surface area contributed by atoms with Gasteiger partial charge in [-0.1, -0.05) is 11.6 Å². The van der Waals surface area contributed by atoms with Crippen LogP contribution in [0.2, 0.25) is 5.02 Å². The summed E-state index contributed by atoms with van der Waals surface area (Å²) >= 11 is 6.40. The van der Waals surface area contributed by atoms with Crippen molar-refractivity contribution in [3.8, 4) is 17.2 Å². The van der Waals surface area contributed by atoms with Crippen molar-refractivity contribution >= 4 is 29.2 Å². The Hall–Kier alpha value is -3.23. The first-order chi connectivity index (χ1) is 14.5. The number of hydrogen-bond donors (Lipinski definition) is 0. The van der Waals surface area contributed by atoms with Gasteiger partial charge in [0.2, 0.25) is 0 Å². The average molecular weight is 434 g/mol. The highest BCUT2D eigenvalue weighted by atomic mass is 35.5. The maximum absolute atomic E-state index is 12.4. The van der Waals surface area contributed by atoms with E-state index in [2.05, 4.69) is 0 Å². The van der Waals surface area contributed by atoms with E-state index in [1.807, 2.05) is 0 Å². The molecule has 0 bridgehead atoms. The lowest BCUT2D eigenvalue weighted by molar-refractivity contribution is -0.140. The summed E-state index contributed by atoms with van der Waals surface area (Å²) in [4.78, 5) is 26.0. The zero-order chi connectivity index (χ0) is 21.7. The second-order valence-corrected chi connectivity index (χ2v) is 6.52. The highest BCUT2D eigenvalue weighted by molar-refractivity contribution is 6.32. The minimum Gasteiger partial charge on any atom is -0.497 e. The standard InChI is InChI=1S/C21H20ClNO7/c1-26-14-5-7-15(8-6-14)30-18-9-4-13(10-17(18)22)23-12-29-11-16(20(24)27-2)19(23)21(25)28-3/h4-10H,11-12H2,1-3H3. The summed E-state index contributed by atoms with van der Waals surface area (Å²) in [5.41, 5.74) is 0.615. The van der Waals surface area contributed by atoms with E-state index < -0.39 is 11.9 Å². The number of benzene rings is 2. The highest BCUT2D eigenvalue weighted by Gasteiger charge is 2.32. The summed E-state index contributed by atoms with van der Waals surface area (Å²) in [6.45, 7) is -0.0417. The van der Waals surface area contributed by atoms with Crippen LogP contribution in [0.15, 0.2) is 53.7 Å². The molecule has 0 amide bonds. The van der Waals surface area contributed by atoms with Gasteiger partial charge in [0.25, 0.3) is 0 Å². The molecular weight excluding hydrogens is 414 g/mol. The molecule has 0 unspecified atom stereocenters. The van der Waals surface area contributed by atoms with Gasteiger partial charge in [-0.25, -0.2) is 9.59 Å². The second kappa shape index (κ2) is 9.51. The Morgan fingerprint density at radius 2 is 1.63 bits per heavy atom. The van der Waals surface area contributed by atoms with Gasteiger partial charge in [0.05, 0.1) is 38.5 Å². The Balaban J connectivity index is 1.91. The molecular formula is C21H20ClNO7. The minimum absolute atomic E-state index is 0.0277. The third-order valence-electron chi connectivity index (χ3n) is 4.35. The van der Waals surface area contributed by atoms with Gasteiger partial charge in [0.15, 0.2) is 0 Å². The molecule has 0 radical (unpaired) electrons. The molecule has 0 spiro atoms. The predicted octanol–water partition coefficient (Wildman–Crippen LogP) is 3.54. The third kappa shape index (κ3) is 4.50. The maximum atomic E-state index is 12.4. The first kappa shape index (κ1) is 21.5. The fourth-order valence-electron chi connectivity index (χ4n) is 2.86. The van der Waals surface area contributed by atoms with E-state index in [-0.39, 0.29) is 24.6 Å². The number of nitrogens with zero attached hydrogens (tertiary/aromatic N) is 1. The van der Waals surface area contributed by atoms with Crippen LogP contribution in [0.4, 0.5) is 5.69 Å². The number of carbonyl (C=O) groups is 2. The van der Waals surface area contributed by atoms with Crippen LogP contribution < -0.4 is 14.4 Å². The molecule has 30 heavy (non-hydrogen) atoms. The molecule has 0 aliphatic carbocycles. The van der Waals surface area contributed by atoms with Crippen molar-refractivity contribution in [2.75, 3.05) is 39.6 Å². The maximum Gasteiger partial charge on any atom is 0.355 e. The van der Waals surface area contributed by atoms with E-state index in [1.54, 1.807) is 49.6 Å². The number of ether oxygens (including phenoxy) is 5. The molecule has 0 fully saturated rings. The van der Waals surface area contributed by atoms with Crippen LogP contribution >= 0.6 is 11.6 Å². The SMILES string of the molecule is COC(=O)C1=C(C(=O)OC)N(c2ccc(Oc3ccc(OC)cc3)c(Cl)c2)COC1. The first-order valence-electron chi connectivity index (χ1n) is 8.85. The van der Waals surface area contributed by atoms with Crippen LogP contribution in [0.3, 0.4) is 0 Å². The van der Waals surface area contributed by atoms with Crippen molar-refractivity contribution in [1.29, 1.82) is 0 Å². The Bertz CT molecular complexity index is 972. The number of halogens is 1. The summed E-state index contributed by atoms with van der Waals surface area (Å²) in [6, 6.07) is 12.0. The van der Waals surface area contributed by atoms with Gasteiger partial charge in [-0.15, -0.1) is 0 Å². The summed E-state index contributed by atoms with van der Waals surface area (Å²) in [5, 5.41) is 0.303. The lowest BCUT2D eigenvalue weighted by atomic mass is 10.1. The van der Waals surface area contributed by atoms with Crippen molar-refractivity contribution in [2.24, 2.45) is 0 Å². The molecule has 2 aromatic carbocycles. The number of hydrogen-bond acceptors (Lipinski definition) is 8. The number of rotatable bonds is 6. The molecule has 0 N–H and O–H groups in total. The molecule has 1 aliphatic heterocycles. The molecule has 0 aromatic heterocycles. The van der Waals surface area contributed by atoms with Crippen molar-refractivity contribution in [3.63, 3.8) is 0 Å². The van der Waals surface area contributed by atoms with Gasteiger partial charge >= 0.3 is 11.9 Å². The Morgan fingerprint density at radius 1 is 0.967 bits per heavy atom. The van der Waals surface area contributed by atoms with Crippen molar-refractivity contribution < 1.29 is 33.3 Å². The summed E-state index contributed by atoms with van der Waals surface area (Å²) in [6.07, 6.45) is 0. The lowest BCUT2D eigenvalue weighted by Crippen LogP contribution is -2.38. The van der Waals surface area contributed by atoms with Crippen LogP contribution in [0.1, 0.15) is 0 Å². The molecule has 158 valence electrons. The minimum atomic E-state index is -0.687. The molecule has 1 aliphatic rings. The van der Waals surface area contributed by atoms with Gasteiger partial charge in [0.1, 0.15) is 29.7 Å². The van der Waals surface area contributed by atoms with Gasteiger partial charge in [-0.05, 0) is 42.5 Å². The van der Waals surface area contributed by atoms with E-state index in [9.17, 15) is 9.59 Å². The largest absolute Gasteiger partial charge is 0.497 e. The molecule has 1 heterocycles. The van der Waals surface area contributed by atoms with E-state index in [1.165, 1.54) is 19.1 Å². The topological polar surface area (TPSA) is 83.5 Å². The number of anilines is 1.